The largest absolute Gasteiger partial charge is 0.496 e. The van der Waals surface area contributed by atoms with Crippen LogP contribution in [-0.2, 0) is 0 Å². The molecule has 0 saturated carbocycles. The third-order valence-electron chi connectivity index (χ3n) is 2.56. The molecule has 0 atom stereocenters. The summed E-state index contributed by atoms with van der Waals surface area (Å²) >= 11 is 0. The maximum Gasteiger partial charge on any atom is 0.124 e. The van der Waals surface area contributed by atoms with Gasteiger partial charge in [-0.25, -0.2) is 0 Å². The maximum atomic E-state index is 5.34. The number of methoxy groups -OCH3 is 1. The summed E-state index contributed by atoms with van der Waals surface area (Å²) in [6.07, 6.45) is 5.41. The van der Waals surface area contributed by atoms with Crippen LogP contribution >= 0.6 is 0 Å². The molecule has 2 nitrogen and oxygen atoms in total. The normalized spacial score (nSPS) is 11.0. The van der Waals surface area contributed by atoms with Crippen LogP contribution in [0.25, 0.3) is 6.08 Å². The van der Waals surface area contributed by atoms with Crippen molar-refractivity contribution in [3.63, 3.8) is 0 Å². The molecule has 0 saturated heterocycles. The highest BCUT2D eigenvalue weighted by molar-refractivity contribution is 5.56. The van der Waals surface area contributed by atoms with E-state index in [1.807, 2.05) is 7.05 Å². The van der Waals surface area contributed by atoms with Gasteiger partial charge in [0.25, 0.3) is 0 Å². The molecule has 0 spiro atoms. The average molecular weight is 219 g/mol. The van der Waals surface area contributed by atoms with Crippen molar-refractivity contribution in [2.75, 3.05) is 20.7 Å². The summed E-state index contributed by atoms with van der Waals surface area (Å²) in [5.41, 5.74) is 3.62. The van der Waals surface area contributed by atoms with Gasteiger partial charge in [-0.2, -0.15) is 0 Å². The molecule has 88 valence electrons. The molecule has 0 aliphatic heterocycles. The zero-order valence-corrected chi connectivity index (χ0v) is 10.6. The SMILES string of the molecule is CNCCC=Cc1cc(C)c(OC)c(C)c1. The zero-order valence-electron chi connectivity index (χ0n) is 10.6. The lowest BCUT2D eigenvalue weighted by atomic mass is 10.1. The van der Waals surface area contributed by atoms with Gasteiger partial charge in [0.1, 0.15) is 5.75 Å². The third kappa shape index (κ3) is 3.38. The number of rotatable bonds is 5. The molecular weight excluding hydrogens is 198 g/mol. The summed E-state index contributed by atoms with van der Waals surface area (Å²) in [5, 5.41) is 3.12. The molecule has 0 bridgehead atoms. The molecule has 0 amide bonds. The summed E-state index contributed by atoms with van der Waals surface area (Å²) in [4.78, 5) is 0. The average Bonchev–Trinajstić information content (AvgIpc) is 2.24. The minimum atomic E-state index is 0.993. The molecule has 0 radical (unpaired) electrons. The molecule has 0 fully saturated rings. The van der Waals surface area contributed by atoms with Crippen molar-refractivity contribution < 1.29 is 4.74 Å². The molecule has 2 heteroatoms. The number of nitrogens with one attached hydrogen (secondary N) is 1. The zero-order chi connectivity index (χ0) is 12.0. The van der Waals surface area contributed by atoms with Crippen LogP contribution in [0.3, 0.4) is 0 Å². The van der Waals surface area contributed by atoms with Crippen LogP contribution in [0.5, 0.6) is 5.75 Å². The minimum absolute atomic E-state index is 0.993. The van der Waals surface area contributed by atoms with Crippen LogP contribution in [0, 0.1) is 13.8 Å². The molecule has 0 aliphatic rings. The molecular formula is C14H21NO. The fourth-order valence-electron chi connectivity index (χ4n) is 1.85. The Labute approximate surface area is 98.3 Å². The predicted octanol–water partition coefficient (Wildman–Crippen LogP) is 2.93. The van der Waals surface area contributed by atoms with Crippen molar-refractivity contribution in [2.24, 2.45) is 0 Å². The van der Waals surface area contributed by atoms with Crippen LogP contribution in [-0.4, -0.2) is 20.7 Å². The van der Waals surface area contributed by atoms with Crippen LogP contribution in [0.15, 0.2) is 18.2 Å². The highest BCUT2D eigenvalue weighted by Gasteiger charge is 2.02. The Balaban J connectivity index is 2.79. The van der Waals surface area contributed by atoms with E-state index in [1.165, 1.54) is 16.7 Å². The van der Waals surface area contributed by atoms with Crippen LogP contribution < -0.4 is 10.1 Å². The highest BCUT2D eigenvalue weighted by atomic mass is 16.5. The monoisotopic (exact) mass is 219 g/mol. The molecule has 16 heavy (non-hydrogen) atoms. The van der Waals surface area contributed by atoms with Gasteiger partial charge >= 0.3 is 0 Å². The first-order valence-electron chi connectivity index (χ1n) is 5.65. The topological polar surface area (TPSA) is 21.3 Å². The summed E-state index contributed by atoms with van der Waals surface area (Å²) in [5.74, 6) is 0.993. The van der Waals surface area contributed by atoms with Crippen LogP contribution in [0.4, 0.5) is 0 Å². The van der Waals surface area contributed by atoms with E-state index in [4.69, 9.17) is 4.74 Å². The molecule has 0 aromatic heterocycles. The lowest BCUT2D eigenvalue weighted by Crippen LogP contribution is -2.05. The first-order chi connectivity index (χ1) is 7.69. The van der Waals surface area contributed by atoms with Gasteiger partial charge in [0.2, 0.25) is 0 Å². The van der Waals surface area contributed by atoms with E-state index in [2.05, 4.69) is 43.4 Å². The van der Waals surface area contributed by atoms with E-state index in [-0.39, 0.29) is 0 Å². The first-order valence-corrected chi connectivity index (χ1v) is 5.65. The molecule has 1 rings (SSSR count). The summed E-state index contributed by atoms with van der Waals surface area (Å²) in [7, 11) is 3.69. The second-order valence-electron chi connectivity index (χ2n) is 3.98. The van der Waals surface area contributed by atoms with Crippen LogP contribution in [0.2, 0.25) is 0 Å². The Morgan fingerprint density at radius 3 is 2.38 bits per heavy atom. The van der Waals surface area contributed by atoms with Gasteiger partial charge in [0.05, 0.1) is 7.11 Å². The van der Waals surface area contributed by atoms with Crippen molar-refractivity contribution in [3.05, 3.63) is 34.9 Å². The molecule has 0 unspecified atom stereocenters. The highest BCUT2D eigenvalue weighted by Crippen LogP contribution is 2.24. The van der Waals surface area contributed by atoms with Gasteiger partial charge in [-0.1, -0.05) is 12.2 Å². The Morgan fingerprint density at radius 1 is 1.25 bits per heavy atom. The number of aryl methyl sites for hydroxylation is 2. The minimum Gasteiger partial charge on any atom is -0.496 e. The van der Waals surface area contributed by atoms with E-state index in [0.29, 0.717) is 0 Å². The van der Waals surface area contributed by atoms with E-state index < -0.39 is 0 Å². The summed E-state index contributed by atoms with van der Waals surface area (Å²) in [6.45, 7) is 5.18. The second-order valence-corrected chi connectivity index (χ2v) is 3.98. The Hall–Kier alpha value is -1.28. The molecule has 1 aromatic carbocycles. The van der Waals surface area contributed by atoms with Gasteiger partial charge in [-0.15, -0.1) is 0 Å². The Bertz CT molecular complexity index is 346. The second kappa shape index (κ2) is 6.33. The molecule has 1 aromatic rings. The fraction of sp³-hybridized carbons (Fsp3) is 0.429. The number of hydrogen-bond donors (Lipinski definition) is 1. The number of ether oxygens (including phenoxy) is 1. The van der Waals surface area contributed by atoms with E-state index in [0.717, 1.165) is 18.7 Å². The lowest BCUT2D eigenvalue weighted by molar-refractivity contribution is 0.408. The van der Waals surface area contributed by atoms with Gasteiger partial charge in [-0.3, -0.25) is 0 Å². The van der Waals surface area contributed by atoms with Crippen molar-refractivity contribution >= 4 is 6.08 Å². The number of hydrogen-bond acceptors (Lipinski definition) is 2. The van der Waals surface area contributed by atoms with Crippen molar-refractivity contribution in [2.45, 2.75) is 20.3 Å². The number of benzene rings is 1. The van der Waals surface area contributed by atoms with Gasteiger partial charge in [-0.05, 0) is 62.7 Å². The first kappa shape index (κ1) is 12.8. The maximum absolute atomic E-state index is 5.34. The van der Waals surface area contributed by atoms with Gasteiger partial charge in [0, 0.05) is 0 Å². The Morgan fingerprint density at radius 2 is 1.88 bits per heavy atom. The molecule has 1 N–H and O–H groups in total. The van der Waals surface area contributed by atoms with E-state index in [9.17, 15) is 0 Å². The quantitative estimate of drug-likeness (QED) is 0.769. The lowest BCUT2D eigenvalue weighted by Gasteiger charge is -2.09. The smallest absolute Gasteiger partial charge is 0.124 e. The third-order valence-corrected chi connectivity index (χ3v) is 2.56. The van der Waals surface area contributed by atoms with E-state index in [1.54, 1.807) is 7.11 Å². The van der Waals surface area contributed by atoms with Crippen molar-refractivity contribution in [3.8, 4) is 5.75 Å². The standard InChI is InChI=1S/C14H21NO/c1-11-9-13(7-5-6-8-15-3)10-12(2)14(11)16-4/h5,7,9-10,15H,6,8H2,1-4H3. The van der Waals surface area contributed by atoms with Gasteiger partial charge in [0.15, 0.2) is 0 Å². The van der Waals surface area contributed by atoms with Crippen LogP contribution in [0.1, 0.15) is 23.1 Å². The predicted molar refractivity (Wildman–Crippen MR) is 70.0 cm³/mol. The molecule has 0 aliphatic carbocycles. The Kier molecular flexibility index (Phi) is 5.06. The van der Waals surface area contributed by atoms with Gasteiger partial charge < -0.3 is 10.1 Å². The van der Waals surface area contributed by atoms with Crippen molar-refractivity contribution in [1.82, 2.24) is 5.32 Å². The molecule has 0 heterocycles. The summed E-state index contributed by atoms with van der Waals surface area (Å²) < 4.78 is 5.34. The van der Waals surface area contributed by atoms with Crippen molar-refractivity contribution in [1.29, 1.82) is 0 Å². The fourth-order valence-corrected chi connectivity index (χ4v) is 1.85. The van der Waals surface area contributed by atoms with E-state index >= 15 is 0 Å². The summed E-state index contributed by atoms with van der Waals surface area (Å²) in [6, 6.07) is 4.31.